The van der Waals surface area contributed by atoms with Gasteiger partial charge in [-0.25, -0.2) is 8.78 Å². The second kappa shape index (κ2) is 11.7. The van der Waals surface area contributed by atoms with Crippen LogP contribution >= 0.6 is 11.8 Å². The van der Waals surface area contributed by atoms with Gasteiger partial charge in [-0.1, -0.05) is 11.8 Å². The summed E-state index contributed by atoms with van der Waals surface area (Å²) in [4.78, 5) is 17.8. The highest BCUT2D eigenvalue weighted by Crippen LogP contribution is 2.34. The lowest BCUT2D eigenvalue weighted by atomic mass is 10.0. The first-order valence-corrected chi connectivity index (χ1v) is 13.9. The Morgan fingerprint density at radius 1 is 0.579 bits per heavy atom. The number of rotatable bonds is 8. The normalized spacial score (nSPS) is 10.9. The molecule has 0 aliphatic rings. The fraction of sp³-hybridized carbons (Fsp3) is 0.0312. The molecule has 0 aromatic heterocycles. The van der Waals surface area contributed by atoms with Gasteiger partial charge >= 0.3 is 0 Å². The average Bonchev–Trinajstić information content (AvgIpc) is 2.96. The summed E-state index contributed by atoms with van der Waals surface area (Å²) in [6, 6.07) is 35.7. The van der Waals surface area contributed by atoms with Crippen molar-refractivity contribution in [3.63, 3.8) is 0 Å². The van der Waals surface area contributed by atoms with Crippen molar-refractivity contribution in [1.82, 2.24) is 0 Å². The maximum absolute atomic E-state index is 13.6. The van der Waals surface area contributed by atoms with Gasteiger partial charge in [0.25, 0.3) is 0 Å². The number of halogens is 2. The molecular weight excluding hydrogens is 518 g/mol. The summed E-state index contributed by atoms with van der Waals surface area (Å²) in [5.41, 5.74) is 1.23. The van der Waals surface area contributed by atoms with Crippen LogP contribution in [-0.4, -0.2) is 12.9 Å². The van der Waals surface area contributed by atoms with Gasteiger partial charge in [-0.2, -0.15) is 0 Å². The summed E-state index contributed by atoms with van der Waals surface area (Å²) in [6.45, 7) is 0. The third kappa shape index (κ3) is 5.98. The molecular formula is C32H23F2O2S2+. The first-order chi connectivity index (χ1) is 18.5. The Labute approximate surface area is 227 Å². The third-order valence-corrected chi connectivity index (χ3v) is 9.11. The lowest BCUT2D eigenvalue weighted by Gasteiger charge is -2.09. The monoisotopic (exact) mass is 541 g/mol. The van der Waals surface area contributed by atoms with E-state index in [4.69, 9.17) is 4.74 Å². The number of carbonyl (C=O) groups is 1. The van der Waals surface area contributed by atoms with E-state index in [1.807, 2.05) is 36.4 Å². The van der Waals surface area contributed by atoms with Crippen molar-refractivity contribution in [1.29, 1.82) is 0 Å². The molecule has 0 bridgehead atoms. The maximum atomic E-state index is 13.6. The van der Waals surface area contributed by atoms with Gasteiger partial charge in [0.15, 0.2) is 20.5 Å². The van der Waals surface area contributed by atoms with Crippen LogP contribution in [0, 0.1) is 11.6 Å². The Hall–Kier alpha value is -3.87. The summed E-state index contributed by atoms with van der Waals surface area (Å²) in [5.74, 6) is 0.0865. The van der Waals surface area contributed by atoms with Crippen LogP contribution in [0.2, 0.25) is 0 Å². The van der Waals surface area contributed by atoms with Gasteiger partial charge in [0.1, 0.15) is 17.4 Å². The summed E-state index contributed by atoms with van der Waals surface area (Å²) >= 11 is 1.60. The molecule has 0 unspecified atom stereocenters. The van der Waals surface area contributed by atoms with Crippen LogP contribution in [0.3, 0.4) is 0 Å². The van der Waals surface area contributed by atoms with E-state index in [-0.39, 0.29) is 17.4 Å². The minimum atomic E-state index is -0.503. The Balaban J connectivity index is 1.33. The molecule has 0 heterocycles. The molecule has 5 aromatic carbocycles. The van der Waals surface area contributed by atoms with Crippen LogP contribution in [0.25, 0.3) is 0 Å². The number of carbonyl (C=O) groups excluding carboxylic acids is 1. The van der Waals surface area contributed by atoms with Gasteiger partial charge in [-0.05, 0) is 121 Å². The Morgan fingerprint density at radius 2 is 0.947 bits per heavy atom. The van der Waals surface area contributed by atoms with E-state index < -0.39 is 10.9 Å². The number of ketones is 1. The summed E-state index contributed by atoms with van der Waals surface area (Å²) in [6.07, 6.45) is 0. The highest BCUT2D eigenvalue weighted by molar-refractivity contribution is 7.99. The number of ether oxygens (including phenoxy) is 1. The second-order valence-electron chi connectivity index (χ2n) is 8.37. The molecule has 0 saturated heterocycles. The van der Waals surface area contributed by atoms with E-state index in [1.165, 1.54) is 24.3 Å². The third-order valence-electron chi connectivity index (χ3n) is 5.86. The fourth-order valence-electron chi connectivity index (χ4n) is 3.91. The molecule has 0 radical (unpaired) electrons. The molecule has 5 aromatic rings. The molecule has 0 amide bonds. The van der Waals surface area contributed by atoms with Gasteiger partial charge in [0, 0.05) is 20.9 Å². The van der Waals surface area contributed by atoms with E-state index in [0.29, 0.717) is 16.9 Å². The van der Waals surface area contributed by atoms with E-state index >= 15 is 0 Å². The molecule has 188 valence electrons. The Kier molecular flexibility index (Phi) is 7.91. The van der Waals surface area contributed by atoms with Gasteiger partial charge in [0.2, 0.25) is 0 Å². The molecule has 0 aliphatic carbocycles. The van der Waals surface area contributed by atoms with Crippen molar-refractivity contribution in [3.8, 4) is 5.75 Å². The smallest absolute Gasteiger partial charge is 0.193 e. The molecule has 6 heteroatoms. The van der Waals surface area contributed by atoms with Crippen molar-refractivity contribution in [2.75, 3.05) is 7.11 Å². The van der Waals surface area contributed by atoms with Crippen molar-refractivity contribution in [3.05, 3.63) is 144 Å². The fourth-order valence-corrected chi connectivity index (χ4v) is 6.77. The minimum Gasteiger partial charge on any atom is -0.497 e. The minimum absolute atomic E-state index is 0.0397. The van der Waals surface area contributed by atoms with E-state index in [2.05, 4.69) is 12.1 Å². The molecule has 38 heavy (non-hydrogen) atoms. The zero-order valence-electron chi connectivity index (χ0n) is 20.4. The standard InChI is InChI=1S/C32H23F2O2S2/c1-36-26-10-2-22(3-11-26)32(35)23-4-12-27(13-5-23)37-28-14-20-31(21-15-28)38(29-16-6-24(33)7-17-29)30-18-8-25(34)9-19-30/h2-21H,1H3/q+1. The van der Waals surface area contributed by atoms with Crippen molar-refractivity contribution in [2.24, 2.45) is 0 Å². The number of hydrogen-bond acceptors (Lipinski definition) is 3. The predicted molar refractivity (Wildman–Crippen MR) is 148 cm³/mol. The molecule has 2 nitrogen and oxygen atoms in total. The SMILES string of the molecule is COc1ccc(C(=O)c2ccc(Sc3ccc([S+](c4ccc(F)cc4)c4ccc(F)cc4)cc3)cc2)cc1. The Morgan fingerprint density at radius 3 is 1.37 bits per heavy atom. The topological polar surface area (TPSA) is 26.3 Å². The molecule has 0 atom stereocenters. The highest BCUT2D eigenvalue weighted by atomic mass is 32.2. The molecule has 0 spiro atoms. The van der Waals surface area contributed by atoms with Crippen LogP contribution in [-0.2, 0) is 10.9 Å². The molecule has 5 rings (SSSR count). The van der Waals surface area contributed by atoms with Crippen LogP contribution in [0.4, 0.5) is 8.78 Å². The largest absolute Gasteiger partial charge is 0.497 e. The first-order valence-electron chi connectivity index (χ1n) is 11.8. The zero-order valence-corrected chi connectivity index (χ0v) is 22.1. The lowest BCUT2D eigenvalue weighted by molar-refractivity contribution is 0.103. The van der Waals surface area contributed by atoms with Crippen molar-refractivity contribution < 1.29 is 18.3 Å². The van der Waals surface area contributed by atoms with Gasteiger partial charge < -0.3 is 4.74 Å². The second-order valence-corrected chi connectivity index (χ2v) is 11.5. The van der Waals surface area contributed by atoms with Gasteiger partial charge in [-0.3, -0.25) is 4.79 Å². The number of hydrogen-bond donors (Lipinski definition) is 0. The van der Waals surface area contributed by atoms with Crippen LogP contribution < -0.4 is 4.74 Å². The highest BCUT2D eigenvalue weighted by Gasteiger charge is 2.28. The summed E-state index contributed by atoms with van der Waals surface area (Å²) < 4.78 is 32.3. The van der Waals surface area contributed by atoms with Crippen LogP contribution in [0.1, 0.15) is 15.9 Å². The van der Waals surface area contributed by atoms with Crippen LogP contribution in [0.15, 0.2) is 146 Å². The van der Waals surface area contributed by atoms with Crippen LogP contribution in [0.5, 0.6) is 5.75 Å². The van der Waals surface area contributed by atoms with E-state index in [1.54, 1.807) is 67.4 Å². The summed E-state index contributed by atoms with van der Waals surface area (Å²) in [5, 5.41) is 0. The molecule has 0 saturated carbocycles. The Bertz CT molecular complexity index is 1470. The van der Waals surface area contributed by atoms with E-state index in [9.17, 15) is 13.6 Å². The molecule has 0 N–H and O–H groups in total. The first kappa shape index (κ1) is 25.8. The van der Waals surface area contributed by atoms with Crippen molar-refractivity contribution in [2.45, 2.75) is 24.5 Å². The summed E-state index contributed by atoms with van der Waals surface area (Å²) in [7, 11) is 1.09. The maximum Gasteiger partial charge on any atom is 0.193 e. The number of methoxy groups -OCH3 is 1. The molecule has 0 fully saturated rings. The molecule has 0 aliphatic heterocycles. The predicted octanol–water partition coefficient (Wildman–Crippen LogP) is 8.45. The van der Waals surface area contributed by atoms with Gasteiger partial charge in [0.05, 0.1) is 18.0 Å². The van der Waals surface area contributed by atoms with E-state index in [0.717, 1.165) is 24.5 Å². The number of benzene rings is 5. The van der Waals surface area contributed by atoms with Gasteiger partial charge in [-0.15, -0.1) is 0 Å². The lowest BCUT2D eigenvalue weighted by Crippen LogP contribution is -2.05. The quantitative estimate of drug-likeness (QED) is 0.146. The average molecular weight is 542 g/mol. The van der Waals surface area contributed by atoms with Crippen molar-refractivity contribution >= 4 is 28.4 Å². The zero-order chi connectivity index (χ0) is 26.5.